The number of nitrogens with two attached hydrogens (primary N) is 1. The highest BCUT2D eigenvalue weighted by Crippen LogP contribution is 2.31. The van der Waals surface area contributed by atoms with Crippen LogP contribution >= 0.6 is 11.6 Å². The molecule has 8 nitrogen and oxygen atoms in total. The number of nitrogens with one attached hydrogen (secondary N) is 1. The van der Waals surface area contributed by atoms with Crippen LogP contribution in [0.4, 0.5) is 10.5 Å². The number of amides is 3. The van der Waals surface area contributed by atoms with Gasteiger partial charge in [0.15, 0.2) is 0 Å². The predicted octanol–water partition coefficient (Wildman–Crippen LogP) is 4.70. The molecule has 9 heteroatoms. The molecule has 0 saturated heterocycles. The minimum Gasteiger partial charge on any atom is -0.365 e. The van der Waals surface area contributed by atoms with Crippen molar-refractivity contribution < 1.29 is 9.59 Å². The second kappa shape index (κ2) is 9.54. The second-order valence-corrected chi connectivity index (χ2v) is 10.00. The number of carbonyl (C=O) groups is 2. The van der Waals surface area contributed by atoms with Gasteiger partial charge in [-0.3, -0.25) is 14.5 Å². The van der Waals surface area contributed by atoms with Gasteiger partial charge in [-0.15, -0.1) is 0 Å². The number of halogens is 1. The first-order valence-electron chi connectivity index (χ1n) is 11.4. The number of rotatable bonds is 4. The summed E-state index contributed by atoms with van der Waals surface area (Å²) in [7, 11) is 1.74. The predicted molar refractivity (Wildman–Crippen MR) is 139 cm³/mol. The van der Waals surface area contributed by atoms with Crippen LogP contribution in [0.2, 0.25) is 5.02 Å². The zero-order chi connectivity index (χ0) is 25.3. The number of benzene rings is 2. The summed E-state index contributed by atoms with van der Waals surface area (Å²) in [4.78, 5) is 31.4. The molecule has 4 rings (SSSR count). The Bertz CT molecular complexity index is 1320. The minimum absolute atomic E-state index is 0.123. The van der Waals surface area contributed by atoms with Crippen LogP contribution in [0.1, 0.15) is 48.0 Å². The van der Waals surface area contributed by atoms with E-state index in [1.807, 2.05) is 30.5 Å². The maximum absolute atomic E-state index is 13.2. The highest BCUT2D eigenvalue weighted by Gasteiger charge is 2.30. The summed E-state index contributed by atoms with van der Waals surface area (Å²) >= 11 is 6.14. The van der Waals surface area contributed by atoms with E-state index in [2.05, 4.69) is 36.2 Å². The Labute approximate surface area is 209 Å². The van der Waals surface area contributed by atoms with E-state index in [1.54, 1.807) is 34.8 Å². The Kier molecular flexibility index (Phi) is 6.67. The summed E-state index contributed by atoms with van der Waals surface area (Å²) in [6.45, 7) is 7.47. The van der Waals surface area contributed by atoms with Gasteiger partial charge in [-0.05, 0) is 40.8 Å². The number of carbonyl (C=O) groups excluding carboxylic acids is 2. The Hall–Kier alpha value is -3.65. The Balaban J connectivity index is 1.60. The van der Waals surface area contributed by atoms with Crippen molar-refractivity contribution in [3.63, 3.8) is 0 Å². The van der Waals surface area contributed by atoms with Crippen LogP contribution in [-0.2, 0) is 18.5 Å². The number of urea groups is 1. The number of aliphatic imine (C=N–C) groups is 1. The van der Waals surface area contributed by atoms with Crippen molar-refractivity contribution in [2.75, 3.05) is 18.9 Å². The summed E-state index contributed by atoms with van der Waals surface area (Å²) in [6, 6.07) is 12.7. The molecule has 1 aliphatic heterocycles. The Morgan fingerprint density at radius 1 is 1.17 bits per heavy atom. The van der Waals surface area contributed by atoms with Gasteiger partial charge in [-0.1, -0.05) is 50.6 Å². The molecule has 2 heterocycles. The molecule has 35 heavy (non-hydrogen) atoms. The van der Waals surface area contributed by atoms with Gasteiger partial charge in [0.05, 0.1) is 24.3 Å². The first kappa shape index (κ1) is 24.5. The zero-order valence-electron chi connectivity index (χ0n) is 20.3. The third-order valence-corrected chi connectivity index (χ3v) is 6.23. The molecule has 0 atom stereocenters. The molecule has 0 spiro atoms. The topological polar surface area (TPSA) is 106 Å². The van der Waals surface area contributed by atoms with Crippen molar-refractivity contribution in [3.05, 3.63) is 69.9 Å². The second-order valence-electron chi connectivity index (χ2n) is 9.56. The van der Waals surface area contributed by atoms with Gasteiger partial charge in [0.25, 0.3) is 5.91 Å². The fourth-order valence-electron chi connectivity index (χ4n) is 4.33. The maximum Gasteiger partial charge on any atom is 0.322 e. The average molecular weight is 493 g/mol. The number of nitrogens with zero attached hydrogens (tertiary/aromatic N) is 4. The van der Waals surface area contributed by atoms with Crippen molar-refractivity contribution in [2.45, 2.75) is 39.3 Å². The molecule has 1 aromatic heterocycles. The summed E-state index contributed by atoms with van der Waals surface area (Å²) in [5.41, 5.74) is 10.5. The van der Waals surface area contributed by atoms with Crippen LogP contribution in [0.3, 0.4) is 0 Å². The minimum atomic E-state index is -0.591. The standard InChI is InChI=1S/C26H29ClN6O2/c1-26(2,3)20-13-19(9-8-17(20)14-29-4)30-25(35)32-10-11-33-21(15-32)22(24(28)34)23(31-33)16-6-5-7-18(27)12-16/h5-9,12-14H,10-11,15H2,1-4H3,(H2,28,34)(H,30,35). The van der Waals surface area contributed by atoms with Gasteiger partial charge in [-0.25, -0.2) is 4.79 Å². The Morgan fingerprint density at radius 2 is 1.94 bits per heavy atom. The van der Waals surface area contributed by atoms with E-state index >= 15 is 0 Å². The van der Waals surface area contributed by atoms with Crippen molar-refractivity contribution in [1.82, 2.24) is 14.7 Å². The van der Waals surface area contributed by atoms with Crippen molar-refractivity contribution in [3.8, 4) is 11.3 Å². The third-order valence-electron chi connectivity index (χ3n) is 5.99. The molecule has 1 aliphatic rings. The number of hydrogen-bond acceptors (Lipinski definition) is 4. The molecular formula is C26H29ClN6O2. The number of aromatic nitrogens is 2. The summed E-state index contributed by atoms with van der Waals surface area (Å²) in [5.74, 6) is -0.591. The van der Waals surface area contributed by atoms with E-state index in [0.717, 1.165) is 11.1 Å². The molecule has 2 aromatic carbocycles. The largest absolute Gasteiger partial charge is 0.365 e. The van der Waals surface area contributed by atoms with E-state index < -0.39 is 5.91 Å². The molecular weight excluding hydrogens is 464 g/mol. The molecule has 0 saturated carbocycles. The van der Waals surface area contributed by atoms with E-state index in [1.165, 1.54) is 0 Å². The SMILES string of the molecule is CN=Cc1ccc(NC(=O)N2CCn3nc(-c4cccc(Cl)c4)c(C(N)=O)c3C2)cc1C(C)(C)C. The Morgan fingerprint density at radius 3 is 2.60 bits per heavy atom. The van der Waals surface area contributed by atoms with Crippen LogP contribution in [0.15, 0.2) is 47.5 Å². The molecule has 0 fully saturated rings. The van der Waals surface area contributed by atoms with Gasteiger partial charge in [-0.2, -0.15) is 5.10 Å². The van der Waals surface area contributed by atoms with Gasteiger partial charge >= 0.3 is 6.03 Å². The van der Waals surface area contributed by atoms with E-state index in [0.29, 0.717) is 46.3 Å². The van der Waals surface area contributed by atoms with E-state index in [9.17, 15) is 9.59 Å². The summed E-state index contributed by atoms with van der Waals surface area (Å²) in [5, 5.41) is 8.15. The van der Waals surface area contributed by atoms with Crippen molar-refractivity contribution in [1.29, 1.82) is 0 Å². The monoisotopic (exact) mass is 492 g/mol. The average Bonchev–Trinajstić information content (AvgIpc) is 3.18. The van der Waals surface area contributed by atoms with Gasteiger partial charge < -0.3 is 16.0 Å². The van der Waals surface area contributed by atoms with Gasteiger partial charge in [0.2, 0.25) is 0 Å². The number of anilines is 1. The molecule has 0 bridgehead atoms. The highest BCUT2D eigenvalue weighted by atomic mass is 35.5. The molecule has 182 valence electrons. The van der Waals surface area contributed by atoms with E-state index in [4.69, 9.17) is 17.3 Å². The van der Waals surface area contributed by atoms with Crippen molar-refractivity contribution >= 4 is 35.4 Å². The lowest BCUT2D eigenvalue weighted by Gasteiger charge is -2.29. The first-order valence-corrected chi connectivity index (χ1v) is 11.7. The van der Waals surface area contributed by atoms with Crippen LogP contribution in [0, 0.1) is 0 Å². The van der Waals surface area contributed by atoms with E-state index in [-0.39, 0.29) is 18.0 Å². The number of hydrogen-bond donors (Lipinski definition) is 2. The molecule has 0 radical (unpaired) electrons. The summed E-state index contributed by atoms with van der Waals surface area (Å²) < 4.78 is 1.75. The molecule has 0 aliphatic carbocycles. The van der Waals surface area contributed by atoms with Crippen LogP contribution in [0.5, 0.6) is 0 Å². The normalized spacial score (nSPS) is 13.7. The molecule has 3 N–H and O–H groups in total. The maximum atomic E-state index is 13.2. The van der Waals surface area contributed by atoms with Gasteiger partial charge in [0.1, 0.15) is 5.69 Å². The molecule has 0 unspecified atom stereocenters. The lowest BCUT2D eigenvalue weighted by molar-refractivity contribution is 0.0997. The third kappa shape index (κ3) is 5.07. The lowest BCUT2D eigenvalue weighted by atomic mass is 9.83. The molecule has 3 aromatic rings. The first-order chi connectivity index (χ1) is 16.6. The van der Waals surface area contributed by atoms with Crippen LogP contribution in [-0.4, -0.2) is 46.4 Å². The number of primary amides is 1. The zero-order valence-corrected chi connectivity index (χ0v) is 21.1. The molecule has 3 amide bonds. The van der Waals surface area contributed by atoms with Gasteiger partial charge in [0, 0.05) is 36.1 Å². The number of fused-ring (bicyclic) bond motifs is 1. The van der Waals surface area contributed by atoms with Crippen LogP contribution in [0.25, 0.3) is 11.3 Å². The fourth-order valence-corrected chi connectivity index (χ4v) is 4.52. The smallest absolute Gasteiger partial charge is 0.322 e. The van der Waals surface area contributed by atoms with Crippen molar-refractivity contribution in [2.24, 2.45) is 10.7 Å². The summed E-state index contributed by atoms with van der Waals surface area (Å²) in [6.07, 6.45) is 1.82. The fraction of sp³-hybridized carbons (Fsp3) is 0.308. The lowest BCUT2D eigenvalue weighted by Crippen LogP contribution is -2.41. The highest BCUT2D eigenvalue weighted by molar-refractivity contribution is 6.30. The van der Waals surface area contributed by atoms with Crippen LogP contribution < -0.4 is 11.1 Å². The quantitative estimate of drug-likeness (QED) is 0.515.